The minimum absolute atomic E-state index is 0.0475. The Morgan fingerprint density at radius 2 is 1.62 bits per heavy atom. The van der Waals surface area contributed by atoms with Crippen LogP contribution < -0.4 is 5.32 Å². The Kier molecular flexibility index (Phi) is 4.87. The fraction of sp³-hybridized carbons (Fsp3) is 0.250. The predicted octanol–water partition coefficient (Wildman–Crippen LogP) is 3.74. The first-order valence-corrected chi connectivity index (χ1v) is 5.35. The van der Waals surface area contributed by atoms with Gasteiger partial charge in [-0.3, -0.25) is 0 Å². The number of esters is 1. The number of anilines is 1. The number of rotatable bonds is 3. The summed E-state index contributed by atoms with van der Waals surface area (Å²) in [7, 11) is 0.778. The summed E-state index contributed by atoms with van der Waals surface area (Å²) in [6.45, 7) is 0. The standard InChI is InChI=1S/C12H9F6NO2/c1-21-10(20)9(12(16,17)18)6-19-8-4-2-7(3-5-8)11(13,14)15/h2-6,19H,1H3/b9-6+. The lowest BCUT2D eigenvalue weighted by Gasteiger charge is -2.11. The minimum atomic E-state index is -4.95. The third-order valence-corrected chi connectivity index (χ3v) is 2.31. The van der Waals surface area contributed by atoms with Crippen molar-refractivity contribution in [3.05, 3.63) is 41.6 Å². The maximum Gasteiger partial charge on any atom is 0.424 e. The Balaban J connectivity index is 2.94. The first-order chi connectivity index (χ1) is 9.55. The summed E-state index contributed by atoms with van der Waals surface area (Å²) >= 11 is 0. The van der Waals surface area contributed by atoms with Gasteiger partial charge < -0.3 is 10.1 Å². The highest BCUT2D eigenvalue weighted by molar-refractivity contribution is 5.90. The monoisotopic (exact) mass is 313 g/mol. The van der Waals surface area contributed by atoms with E-state index in [1.54, 1.807) is 0 Å². The summed E-state index contributed by atoms with van der Waals surface area (Å²) < 4.78 is 78.4. The average Bonchev–Trinajstić information content (AvgIpc) is 2.36. The summed E-state index contributed by atoms with van der Waals surface area (Å²) in [6.07, 6.45) is -9.17. The number of alkyl halides is 6. The molecular weight excluding hydrogens is 304 g/mol. The minimum Gasteiger partial charge on any atom is -0.465 e. The molecule has 0 bridgehead atoms. The van der Waals surface area contributed by atoms with Crippen LogP contribution in [0.1, 0.15) is 5.56 Å². The molecule has 116 valence electrons. The maximum absolute atomic E-state index is 12.5. The van der Waals surface area contributed by atoms with E-state index in [-0.39, 0.29) is 5.69 Å². The molecule has 0 atom stereocenters. The zero-order valence-electron chi connectivity index (χ0n) is 10.5. The first kappa shape index (κ1) is 16.9. The van der Waals surface area contributed by atoms with Crippen molar-refractivity contribution in [1.29, 1.82) is 0 Å². The van der Waals surface area contributed by atoms with Crippen molar-refractivity contribution in [1.82, 2.24) is 0 Å². The van der Waals surface area contributed by atoms with Gasteiger partial charge in [-0.15, -0.1) is 0 Å². The van der Waals surface area contributed by atoms with E-state index < -0.39 is 29.5 Å². The van der Waals surface area contributed by atoms with Crippen molar-refractivity contribution in [2.75, 3.05) is 12.4 Å². The van der Waals surface area contributed by atoms with Crippen LogP contribution in [0.3, 0.4) is 0 Å². The highest BCUT2D eigenvalue weighted by Crippen LogP contribution is 2.30. The highest BCUT2D eigenvalue weighted by atomic mass is 19.4. The fourth-order valence-corrected chi connectivity index (χ4v) is 1.28. The van der Waals surface area contributed by atoms with Crippen molar-refractivity contribution >= 4 is 11.7 Å². The molecule has 9 heteroatoms. The number of hydrogen-bond acceptors (Lipinski definition) is 3. The van der Waals surface area contributed by atoms with E-state index in [0.717, 1.165) is 19.2 Å². The molecule has 1 aromatic rings. The van der Waals surface area contributed by atoms with Gasteiger partial charge in [0.05, 0.1) is 12.7 Å². The van der Waals surface area contributed by atoms with Gasteiger partial charge >= 0.3 is 18.3 Å². The Morgan fingerprint density at radius 1 is 1.10 bits per heavy atom. The summed E-state index contributed by atoms with van der Waals surface area (Å²) in [5, 5.41) is 2.09. The second-order valence-corrected chi connectivity index (χ2v) is 3.77. The van der Waals surface area contributed by atoms with Gasteiger partial charge in [-0.2, -0.15) is 26.3 Å². The molecule has 0 fully saturated rings. The smallest absolute Gasteiger partial charge is 0.424 e. The SMILES string of the molecule is COC(=O)/C(=C\Nc1ccc(C(F)(F)F)cc1)C(F)(F)F. The van der Waals surface area contributed by atoms with Crippen LogP contribution in [-0.4, -0.2) is 19.3 Å². The zero-order valence-corrected chi connectivity index (χ0v) is 10.5. The molecule has 0 heterocycles. The number of halogens is 6. The van der Waals surface area contributed by atoms with Crippen LogP contribution in [0, 0.1) is 0 Å². The van der Waals surface area contributed by atoms with Crippen LogP contribution in [0.4, 0.5) is 32.0 Å². The number of carbonyl (C=O) groups excluding carboxylic acids is 1. The van der Waals surface area contributed by atoms with E-state index >= 15 is 0 Å². The van der Waals surface area contributed by atoms with Gasteiger partial charge in [0, 0.05) is 11.9 Å². The molecule has 0 saturated heterocycles. The molecule has 0 amide bonds. The molecular formula is C12H9F6NO2. The molecule has 0 aliphatic rings. The quantitative estimate of drug-likeness (QED) is 0.525. The Bertz CT molecular complexity index is 530. The maximum atomic E-state index is 12.5. The number of nitrogens with one attached hydrogen (secondary N) is 1. The molecule has 0 aliphatic carbocycles. The van der Waals surface area contributed by atoms with E-state index in [4.69, 9.17) is 0 Å². The summed E-state index contributed by atoms with van der Waals surface area (Å²) in [5.41, 5.74) is -2.60. The summed E-state index contributed by atoms with van der Waals surface area (Å²) in [5.74, 6) is -1.61. The number of hydrogen-bond donors (Lipinski definition) is 1. The molecule has 0 aromatic heterocycles. The van der Waals surface area contributed by atoms with Crippen LogP contribution in [0.2, 0.25) is 0 Å². The molecule has 1 rings (SSSR count). The molecule has 1 aromatic carbocycles. The number of methoxy groups -OCH3 is 1. The average molecular weight is 313 g/mol. The van der Waals surface area contributed by atoms with Gasteiger partial charge in [-0.1, -0.05) is 0 Å². The third kappa shape index (κ3) is 4.69. The van der Waals surface area contributed by atoms with Crippen LogP contribution in [0.5, 0.6) is 0 Å². The van der Waals surface area contributed by atoms with Crippen molar-refractivity contribution in [3.8, 4) is 0 Å². The lowest BCUT2D eigenvalue weighted by atomic mass is 10.2. The van der Waals surface area contributed by atoms with Gasteiger partial charge in [0.25, 0.3) is 0 Å². The Morgan fingerprint density at radius 3 is 2.00 bits per heavy atom. The first-order valence-electron chi connectivity index (χ1n) is 5.35. The van der Waals surface area contributed by atoms with Gasteiger partial charge in [0.2, 0.25) is 0 Å². The van der Waals surface area contributed by atoms with E-state index in [1.807, 2.05) is 0 Å². The van der Waals surface area contributed by atoms with Gasteiger partial charge in [0.1, 0.15) is 0 Å². The normalized spacial score (nSPS) is 13.0. The molecule has 0 aliphatic heterocycles. The van der Waals surface area contributed by atoms with Crippen LogP contribution in [0.25, 0.3) is 0 Å². The van der Waals surface area contributed by atoms with Gasteiger partial charge in [-0.05, 0) is 24.3 Å². The van der Waals surface area contributed by atoms with E-state index in [1.165, 1.54) is 0 Å². The molecule has 0 saturated carbocycles. The second kappa shape index (κ2) is 6.06. The van der Waals surface area contributed by atoms with Crippen molar-refractivity contribution in [2.45, 2.75) is 12.4 Å². The molecule has 0 radical (unpaired) electrons. The molecule has 21 heavy (non-hydrogen) atoms. The van der Waals surface area contributed by atoms with Gasteiger partial charge in [-0.25, -0.2) is 4.79 Å². The number of benzene rings is 1. The van der Waals surface area contributed by atoms with E-state index in [2.05, 4.69) is 10.1 Å². The summed E-state index contributed by atoms with van der Waals surface area (Å²) in [6, 6.07) is 3.26. The van der Waals surface area contributed by atoms with Crippen LogP contribution in [-0.2, 0) is 15.7 Å². The molecule has 0 spiro atoms. The fourth-order valence-electron chi connectivity index (χ4n) is 1.28. The Labute approximate surface area is 115 Å². The van der Waals surface area contributed by atoms with E-state index in [9.17, 15) is 31.1 Å². The van der Waals surface area contributed by atoms with Crippen molar-refractivity contribution in [3.63, 3.8) is 0 Å². The van der Waals surface area contributed by atoms with Crippen molar-refractivity contribution in [2.24, 2.45) is 0 Å². The highest BCUT2D eigenvalue weighted by Gasteiger charge is 2.39. The largest absolute Gasteiger partial charge is 0.465 e. The molecule has 0 unspecified atom stereocenters. The molecule has 3 nitrogen and oxygen atoms in total. The van der Waals surface area contributed by atoms with Crippen LogP contribution in [0.15, 0.2) is 36.0 Å². The van der Waals surface area contributed by atoms with Crippen LogP contribution >= 0.6 is 0 Å². The third-order valence-electron chi connectivity index (χ3n) is 2.31. The van der Waals surface area contributed by atoms with E-state index in [0.29, 0.717) is 18.3 Å². The topological polar surface area (TPSA) is 38.3 Å². The molecule has 1 N–H and O–H groups in total. The second-order valence-electron chi connectivity index (χ2n) is 3.77. The Hall–Kier alpha value is -2.19. The number of ether oxygens (including phenoxy) is 1. The van der Waals surface area contributed by atoms with Crippen molar-refractivity contribution < 1.29 is 35.9 Å². The summed E-state index contributed by atoms with van der Waals surface area (Å²) in [4.78, 5) is 11.0. The lowest BCUT2D eigenvalue weighted by molar-refractivity contribution is -0.148. The zero-order chi connectivity index (χ0) is 16.3. The lowest BCUT2D eigenvalue weighted by Crippen LogP contribution is -2.22. The number of carbonyl (C=O) groups is 1. The predicted molar refractivity (Wildman–Crippen MR) is 61.2 cm³/mol. The van der Waals surface area contributed by atoms with Gasteiger partial charge in [0.15, 0.2) is 5.57 Å².